The molecule has 0 saturated carbocycles. The molecule has 0 aliphatic carbocycles. The van der Waals surface area contributed by atoms with Crippen molar-refractivity contribution in [1.29, 1.82) is 5.26 Å². The molecule has 3 nitrogen and oxygen atoms in total. The van der Waals surface area contributed by atoms with Crippen LogP contribution in [0, 0.1) is 11.3 Å². The van der Waals surface area contributed by atoms with Crippen molar-refractivity contribution < 1.29 is 0 Å². The fraction of sp³-hybridized carbons (Fsp3) is 0. The Morgan fingerprint density at radius 2 is 0.685 bits per heavy atom. The third-order valence-corrected chi connectivity index (χ3v) is 9.99. The lowest BCUT2D eigenvalue weighted by atomic mass is 9.91. The van der Waals surface area contributed by atoms with Gasteiger partial charge in [0.1, 0.15) is 0 Å². The summed E-state index contributed by atoms with van der Waals surface area (Å²) in [5, 5.41) is 11.6. The molecule has 1 heterocycles. The van der Waals surface area contributed by atoms with Gasteiger partial charge >= 0.3 is 0 Å². The maximum absolute atomic E-state index is 9.27. The predicted molar refractivity (Wildman–Crippen MR) is 222 cm³/mol. The van der Waals surface area contributed by atoms with Gasteiger partial charge in [0.2, 0.25) is 0 Å². The van der Waals surface area contributed by atoms with Crippen molar-refractivity contribution in [2.45, 2.75) is 0 Å². The molecule has 0 amide bonds. The quantitative estimate of drug-likeness (QED) is 0.168. The standard InChI is InChI=1S/C51H33N3/c52-34-35-20-22-38(23-21-35)44-32-33-45(47-19-11-10-18-46(44)47)39-28-24-36(25-29-39)37-26-30-42(31-27-37)50-48(40-12-4-1-5-13-40)49(41-14-6-2-7-15-41)53-51(54-50)43-16-8-3-9-17-43/h1-33H. The van der Waals surface area contributed by atoms with Crippen LogP contribution in [0.3, 0.4) is 0 Å². The van der Waals surface area contributed by atoms with Gasteiger partial charge < -0.3 is 0 Å². The molecule has 1 aromatic heterocycles. The van der Waals surface area contributed by atoms with Crippen molar-refractivity contribution in [3.8, 4) is 84.5 Å². The van der Waals surface area contributed by atoms with Crippen LogP contribution in [0.15, 0.2) is 200 Å². The van der Waals surface area contributed by atoms with Crippen molar-refractivity contribution in [3.63, 3.8) is 0 Å². The van der Waals surface area contributed by atoms with Gasteiger partial charge in [-0.05, 0) is 61.8 Å². The second kappa shape index (κ2) is 14.3. The number of benzene rings is 8. The molecule has 0 aliphatic heterocycles. The molecule has 0 atom stereocenters. The van der Waals surface area contributed by atoms with Crippen LogP contribution in [-0.2, 0) is 0 Å². The first kappa shape index (κ1) is 32.5. The summed E-state index contributed by atoms with van der Waals surface area (Å²) >= 11 is 0. The van der Waals surface area contributed by atoms with Crippen LogP contribution in [0.25, 0.3) is 89.2 Å². The average Bonchev–Trinajstić information content (AvgIpc) is 3.26. The van der Waals surface area contributed by atoms with E-state index in [0.29, 0.717) is 11.4 Å². The van der Waals surface area contributed by atoms with Crippen molar-refractivity contribution in [2.75, 3.05) is 0 Å². The third-order valence-electron chi connectivity index (χ3n) is 9.99. The van der Waals surface area contributed by atoms with Crippen molar-refractivity contribution in [3.05, 3.63) is 206 Å². The Hall–Kier alpha value is -7.41. The minimum absolute atomic E-state index is 0.662. The molecule has 9 aromatic rings. The van der Waals surface area contributed by atoms with E-state index in [0.717, 1.165) is 67.0 Å². The first-order chi connectivity index (χ1) is 26.7. The van der Waals surface area contributed by atoms with Gasteiger partial charge in [-0.3, -0.25) is 0 Å². The zero-order valence-corrected chi connectivity index (χ0v) is 29.4. The molecule has 0 fully saturated rings. The predicted octanol–water partition coefficient (Wildman–Crippen LogP) is 13.2. The van der Waals surface area contributed by atoms with Crippen LogP contribution >= 0.6 is 0 Å². The molecule has 0 bridgehead atoms. The minimum atomic E-state index is 0.662. The van der Waals surface area contributed by atoms with Crippen LogP contribution < -0.4 is 0 Å². The van der Waals surface area contributed by atoms with E-state index < -0.39 is 0 Å². The normalized spacial score (nSPS) is 10.9. The van der Waals surface area contributed by atoms with Crippen molar-refractivity contribution in [2.24, 2.45) is 0 Å². The summed E-state index contributed by atoms with van der Waals surface area (Å²) in [5.41, 5.74) is 14.5. The summed E-state index contributed by atoms with van der Waals surface area (Å²) in [4.78, 5) is 10.5. The fourth-order valence-electron chi connectivity index (χ4n) is 7.26. The summed E-state index contributed by atoms with van der Waals surface area (Å²) in [6.45, 7) is 0. The largest absolute Gasteiger partial charge is 0.227 e. The van der Waals surface area contributed by atoms with Crippen LogP contribution in [0.1, 0.15) is 5.56 Å². The molecule has 9 rings (SSSR count). The van der Waals surface area contributed by atoms with Gasteiger partial charge in [0.25, 0.3) is 0 Å². The molecule has 0 unspecified atom stereocenters. The minimum Gasteiger partial charge on any atom is -0.227 e. The maximum atomic E-state index is 9.27. The second-order valence-corrected chi connectivity index (χ2v) is 13.3. The van der Waals surface area contributed by atoms with Crippen molar-refractivity contribution in [1.82, 2.24) is 9.97 Å². The zero-order valence-electron chi connectivity index (χ0n) is 29.4. The molecule has 0 N–H and O–H groups in total. The lowest BCUT2D eigenvalue weighted by Gasteiger charge is -2.17. The zero-order chi connectivity index (χ0) is 36.3. The lowest BCUT2D eigenvalue weighted by Crippen LogP contribution is -2.00. The molecule has 3 heteroatoms. The second-order valence-electron chi connectivity index (χ2n) is 13.3. The molecule has 0 spiro atoms. The number of fused-ring (bicyclic) bond motifs is 1. The molecule has 252 valence electrons. The number of hydrogen-bond acceptors (Lipinski definition) is 3. The van der Waals surface area contributed by atoms with Gasteiger partial charge in [-0.25, -0.2) is 9.97 Å². The topological polar surface area (TPSA) is 49.6 Å². The average molecular weight is 688 g/mol. The molecule has 0 aliphatic rings. The molecular weight excluding hydrogens is 655 g/mol. The van der Waals surface area contributed by atoms with Crippen LogP contribution in [0.4, 0.5) is 0 Å². The molecular formula is C51H33N3. The monoisotopic (exact) mass is 687 g/mol. The highest BCUT2D eigenvalue weighted by Crippen LogP contribution is 2.41. The van der Waals surface area contributed by atoms with Gasteiger partial charge in [-0.1, -0.05) is 188 Å². The SMILES string of the molecule is N#Cc1ccc(-c2ccc(-c3ccc(-c4ccc(-c5nc(-c6ccccc6)nc(-c6ccccc6)c5-c5ccccc5)cc4)cc3)c3ccccc23)cc1. The fourth-order valence-corrected chi connectivity index (χ4v) is 7.26. The first-order valence-corrected chi connectivity index (χ1v) is 18.1. The molecule has 54 heavy (non-hydrogen) atoms. The van der Waals surface area contributed by atoms with E-state index in [4.69, 9.17) is 9.97 Å². The number of nitrogens with zero attached hydrogens (tertiary/aromatic N) is 3. The van der Waals surface area contributed by atoms with E-state index in [1.165, 1.54) is 16.3 Å². The number of nitriles is 1. The first-order valence-electron chi connectivity index (χ1n) is 18.1. The Kier molecular flexibility index (Phi) is 8.61. The highest BCUT2D eigenvalue weighted by atomic mass is 14.9. The van der Waals surface area contributed by atoms with Gasteiger partial charge in [0.05, 0.1) is 23.0 Å². The van der Waals surface area contributed by atoms with E-state index in [-0.39, 0.29) is 0 Å². The Morgan fingerprint density at radius 3 is 1.17 bits per heavy atom. The highest BCUT2D eigenvalue weighted by molar-refractivity contribution is 6.05. The van der Waals surface area contributed by atoms with Crippen LogP contribution in [0.2, 0.25) is 0 Å². The summed E-state index contributed by atoms with van der Waals surface area (Å²) in [5.74, 6) is 0.696. The van der Waals surface area contributed by atoms with Crippen LogP contribution in [-0.4, -0.2) is 9.97 Å². The summed E-state index contributed by atoms with van der Waals surface area (Å²) < 4.78 is 0. The van der Waals surface area contributed by atoms with E-state index in [1.807, 2.05) is 54.6 Å². The molecule has 0 saturated heterocycles. The Balaban J connectivity index is 1.09. The number of rotatable bonds is 7. The maximum Gasteiger partial charge on any atom is 0.160 e. The summed E-state index contributed by atoms with van der Waals surface area (Å²) in [7, 11) is 0. The Labute approximate surface area is 315 Å². The molecule has 0 radical (unpaired) electrons. The van der Waals surface area contributed by atoms with Crippen LogP contribution in [0.5, 0.6) is 0 Å². The van der Waals surface area contributed by atoms with Gasteiger partial charge in [-0.2, -0.15) is 5.26 Å². The summed E-state index contributed by atoms with van der Waals surface area (Å²) in [6.07, 6.45) is 0. The Morgan fingerprint density at radius 1 is 0.315 bits per heavy atom. The van der Waals surface area contributed by atoms with E-state index in [2.05, 4.69) is 152 Å². The number of aromatic nitrogens is 2. The van der Waals surface area contributed by atoms with Gasteiger partial charge in [0.15, 0.2) is 5.82 Å². The van der Waals surface area contributed by atoms with Gasteiger partial charge in [0, 0.05) is 22.3 Å². The van der Waals surface area contributed by atoms with Crippen molar-refractivity contribution >= 4 is 10.8 Å². The lowest BCUT2D eigenvalue weighted by molar-refractivity contribution is 1.18. The molecule has 8 aromatic carbocycles. The third kappa shape index (κ3) is 6.23. The number of hydrogen-bond donors (Lipinski definition) is 0. The smallest absolute Gasteiger partial charge is 0.160 e. The van der Waals surface area contributed by atoms with Gasteiger partial charge in [-0.15, -0.1) is 0 Å². The summed E-state index contributed by atoms with van der Waals surface area (Å²) in [6, 6.07) is 71.6. The Bertz CT molecular complexity index is 2770. The highest BCUT2D eigenvalue weighted by Gasteiger charge is 2.20. The van der Waals surface area contributed by atoms with E-state index in [9.17, 15) is 5.26 Å². The van der Waals surface area contributed by atoms with E-state index in [1.54, 1.807) is 0 Å². The van der Waals surface area contributed by atoms with E-state index >= 15 is 0 Å².